The van der Waals surface area contributed by atoms with E-state index in [1.165, 1.54) is 19.8 Å². The van der Waals surface area contributed by atoms with E-state index in [1.807, 2.05) is 12.1 Å². The molecule has 0 spiro atoms. The van der Waals surface area contributed by atoms with Crippen molar-refractivity contribution >= 4 is 43.2 Å². The normalized spacial score (nSPS) is 12.4. The van der Waals surface area contributed by atoms with Gasteiger partial charge in [0.05, 0.1) is 10.9 Å². The van der Waals surface area contributed by atoms with Crippen LogP contribution in [0.2, 0.25) is 0 Å². The molecule has 0 fully saturated rings. The minimum absolute atomic E-state index is 0.414. The maximum absolute atomic E-state index is 5.17. The van der Waals surface area contributed by atoms with Gasteiger partial charge in [-0.05, 0) is 65.0 Å². The summed E-state index contributed by atoms with van der Waals surface area (Å²) in [6.07, 6.45) is 2.16. The summed E-state index contributed by atoms with van der Waals surface area (Å²) in [6, 6.07) is 10.5. The minimum Gasteiger partial charge on any atom is -0.497 e. The molecule has 0 saturated heterocycles. The van der Waals surface area contributed by atoms with E-state index in [2.05, 4.69) is 57.0 Å². The van der Waals surface area contributed by atoms with Crippen molar-refractivity contribution in [1.82, 2.24) is 0 Å². The molecule has 2 rings (SSSR count). The number of methoxy groups -OCH3 is 1. The SMILES string of the molecule is COc1ccc(CCC(Br)c2cc(Br)sc2C)cc1. The van der Waals surface area contributed by atoms with Crippen molar-refractivity contribution < 1.29 is 4.74 Å². The Morgan fingerprint density at radius 1 is 1.26 bits per heavy atom. The summed E-state index contributed by atoms with van der Waals surface area (Å²) in [7, 11) is 1.70. The van der Waals surface area contributed by atoms with E-state index >= 15 is 0 Å². The van der Waals surface area contributed by atoms with E-state index in [9.17, 15) is 0 Å². The van der Waals surface area contributed by atoms with Crippen LogP contribution >= 0.6 is 43.2 Å². The topological polar surface area (TPSA) is 9.23 Å². The first-order chi connectivity index (χ1) is 9.10. The molecule has 0 saturated carbocycles. The van der Waals surface area contributed by atoms with Crippen LogP contribution < -0.4 is 4.74 Å². The van der Waals surface area contributed by atoms with Crippen molar-refractivity contribution in [2.45, 2.75) is 24.6 Å². The summed E-state index contributed by atoms with van der Waals surface area (Å²) in [6.45, 7) is 2.17. The standard InChI is InChI=1S/C15H16Br2OS/c1-10-13(9-15(17)19-10)14(16)8-5-11-3-6-12(18-2)7-4-11/h3-4,6-7,9,14H,5,8H2,1-2H3. The monoisotopic (exact) mass is 402 g/mol. The number of benzene rings is 1. The van der Waals surface area contributed by atoms with Gasteiger partial charge in [-0.25, -0.2) is 0 Å². The number of hydrogen-bond acceptors (Lipinski definition) is 2. The molecule has 0 aliphatic rings. The minimum atomic E-state index is 0.414. The van der Waals surface area contributed by atoms with Crippen LogP contribution in [0.15, 0.2) is 34.1 Å². The molecule has 1 aromatic carbocycles. The Morgan fingerprint density at radius 3 is 2.47 bits per heavy atom. The number of alkyl halides is 1. The highest BCUT2D eigenvalue weighted by atomic mass is 79.9. The third-order valence-electron chi connectivity index (χ3n) is 3.11. The van der Waals surface area contributed by atoms with Gasteiger partial charge in [0.25, 0.3) is 0 Å². The molecule has 1 unspecified atom stereocenters. The van der Waals surface area contributed by atoms with Gasteiger partial charge in [-0.1, -0.05) is 28.1 Å². The maximum Gasteiger partial charge on any atom is 0.118 e. The third kappa shape index (κ3) is 4.07. The summed E-state index contributed by atoms with van der Waals surface area (Å²) in [5, 5.41) is 0. The second kappa shape index (κ2) is 6.91. The van der Waals surface area contributed by atoms with Crippen LogP contribution in [-0.4, -0.2) is 7.11 Å². The van der Waals surface area contributed by atoms with Crippen LogP contribution in [0.4, 0.5) is 0 Å². The lowest BCUT2D eigenvalue weighted by Gasteiger charge is -2.10. The van der Waals surface area contributed by atoms with Gasteiger partial charge in [0.1, 0.15) is 5.75 Å². The van der Waals surface area contributed by atoms with Gasteiger partial charge >= 0.3 is 0 Å². The van der Waals surface area contributed by atoms with Crippen molar-refractivity contribution in [2.24, 2.45) is 0 Å². The van der Waals surface area contributed by atoms with Crippen molar-refractivity contribution in [3.8, 4) is 5.75 Å². The summed E-state index contributed by atoms with van der Waals surface area (Å²) in [4.78, 5) is 1.79. The molecular formula is C15H16Br2OS. The first kappa shape index (κ1) is 15.1. The van der Waals surface area contributed by atoms with Gasteiger partial charge in [-0.2, -0.15) is 0 Å². The van der Waals surface area contributed by atoms with E-state index in [0.29, 0.717) is 4.83 Å². The Morgan fingerprint density at radius 2 is 1.95 bits per heavy atom. The second-order valence-corrected chi connectivity index (χ2v) is 8.16. The average Bonchev–Trinajstić information content (AvgIpc) is 2.75. The lowest BCUT2D eigenvalue weighted by Crippen LogP contribution is -1.94. The fourth-order valence-corrected chi connectivity index (χ4v) is 4.64. The molecule has 102 valence electrons. The molecule has 1 aromatic heterocycles. The van der Waals surface area contributed by atoms with E-state index in [0.717, 1.165) is 18.6 Å². The predicted octanol–water partition coefficient (Wildman–Crippen LogP) is 5.90. The maximum atomic E-state index is 5.17. The average molecular weight is 404 g/mol. The zero-order chi connectivity index (χ0) is 13.8. The molecule has 0 radical (unpaired) electrons. The highest BCUT2D eigenvalue weighted by molar-refractivity contribution is 9.11. The predicted molar refractivity (Wildman–Crippen MR) is 89.7 cm³/mol. The highest BCUT2D eigenvalue weighted by Crippen LogP contribution is 2.37. The summed E-state index contributed by atoms with van der Waals surface area (Å²) in [5.41, 5.74) is 2.74. The van der Waals surface area contributed by atoms with Crippen LogP contribution in [0.3, 0.4) is 0 Å². The second-order valence-electron chi connectivity index (χ2n) is 4.42. The summed E-state index contributed by atoms with van der Waals surface area (Å²) in [5.74, 6) is 0.914. The highest BCUT2D eigenvalue weighted by Gasteiger charge is 2.13. The molecule has 0 aliphatic heterocycles. The first-order valence-electron chi connectivity index (χ1n) is 6.13. The fraction of sp³-hybridized carbons (Fsp3) is 0.333. The van der Waals surface area contributed by atoms with Crippen molar-refractivity contribution in [3.05, 3.63) is 50.1 Å². The first-order valence-corrected chi connectivity index (χ1v) is 8.65. The van der Waals surface area contributed by atoms with Crippen molar-refractivity contribution in [1.29, 1.82) is 0 Å². The van der Waals surface area contributed by atoms with Gasteiger partial charge in [0, 0.05) is 9.70 Å². The number of aryl methyl sites for hydroxylation is 2. The number of thiophene rings is 1. The molecule has 2 aromatic rings. The molecule has 1 heterocycles. The molecule has 19 heavy (non-hydrogen) atoms. The van der Waals surface area contributed by atoms with Crippen LogP contribution in [0.1, 0.15) is 27.3 Å². The number of hydrogen-bond donors (Lipinski definition) is 0. The molecule has 0 bridgehead atoms. The smallest absolute Gasteiger partial charge is 0.118 e. The summed E-state index contributed by atoms with van der Waals surface area (Å²) < 4.78 is 6.37. The fourth-order valence-electron chi connectivity index (χ4n) is 2.01. The zero-order valence-corrected chi connectivity index (χ0v) is 14.9. The Hall–Kier alpha value is -0.320. The Labute approximate surface area is 135 Å². The van der Waals surface area contributed by atoms with Crippen molar-refractivity contribution in [2.75, 3.05) is 7.11 Å². The Kier molecular flexibility index (Phi) is 5.48. The molecule has 0 aliphatic carbocycles. The third-order valence-corrected chi connectivity index (χ3v) is 5.63. The zero-order valence-electron chi connectivity index (χ0n) is 11.0. The van der Waals surface area contributed by atoms with Gasteiger partial charge in [0.2, 0.25) is 0 Å². The molecule has 4 heteroatoms. The van der Waals surface area contributed by atoms with E-state index < -0.39 is 0 Å². The van der Waals surface area contributed by atoms with E-state index in [1.54, 1.807) is 18.4 Å². The van der Waals surface area contributed by atoms with E-state index in [-0.39, 0.29) is 0 Å². The van der Waals surface area contributed by atoms with Gasteiger partial charge in [-0.15, -0.1) is 11.3 Å². The van der Waals surface area contributed by atoms with Crippen LogP contribution in [0, 0.1) is 6.92 Å². The van der Waals surface area contributed by atoms with Gasteiger partial charge < -0.3 is 4.74 Å². The summed E-state index contributed by atoms with van der Waals surface area (Å²) >= 11 is 9.14. The molecular weight excluding hydrogens is 388 g/mol. The van der Waals surface area contributed by atoms with E-state index in [4.69, 9.17) is 4.74 Å². The molecule has 1 atom stereocenters. The van der Waals surface area contributed by atoms with Crippen LogP contribution in [-0.2, 0) is 6.42 Å². The molecule has 0 N–H and O–H groups in total. The Balaban J connectivity index is 1.96. The van der Waals surface area contributed by atoms with Gasteiger partial charge in [0.15, 0.2) is 0 Å². The van der Waals surface area contributed by atoms with Crippen LogP contribution in [0.5, 0.6) is 5.75 Å². The lowest BCUT2D eigenvalue weighted by atomic mass is 10.0. The number of halogens is 2. The Bertz CT molecular complexity index is 534. The number of rotatable bonds is 5. The lowest BCUT2D eigenvalue weighted by molar-refractivity contribution is 0.414. The van der Waals surface area contributed by atoms with Crippen LogP contribution in [0.25, 0.3) is 0 Å². The molecule has 1 nitrogen and oxygen atoms in total. The molecule has 0 amide bonds. The number of ether oxygens (including phenoxy) is 1. The largest absolute Gasteiger partial charge is 0.497 e. The van der Waals surface area contributed by atoms with Crippen molar-refractivity contribution in [3.63, 3.8) is 0 Å². The quantitative estimate of drug-likeness (QED) is 0.565. The van der Waals surface area contributed by atoms with Gasteiger partial charge in [-0.3, -0.25) is 0 Å².